The molecule has 0 amide bonds. The molecule has 0 spiro atoms. The number of para-hydroxylation sites is 1. The molecule has 94 valence electrons. The number of aromatic hydroxyl groups is 1. The smallest absolute Gasteiger partial charge is 0.165 e. The SMILES string of the molecule is N[C@@H](c1cccc(F)c1O)[C@H](O)C1CCCC1. The number of hydrogen-bond donors (Lipinski definition) is 3. The second-order valence-corrected chi connectivity index (χ2v) is 4.74. The Kier molecular flexibility index (Phi) is 3.64. The van der Waals surface area contributed by atoms with Crippen LogP contribution in [0.2, 0.25) is 0 Å². The molecule has 0 unspecified atom stereocenters. The highest BCUT2D eigenvalue weighted by atomic mass is 19.1. The van der Waals surface area contributed by atoms with Gasteiger partial charge in [-0.2, -0.15) is 0 Å². The predicted molar refractivity (Wildman–Crippen MR) is 63.0 cm³/mol. The van der Waals surface area contributed by atoms with E-state index in [1.54, 1.807) is 6.07 Å². The van der Waals surface area contributed by atoms with Crippen LogP contribution < -0.4 is 5.73 Å². The normalized spacial score (nSPS) is 20.4. The molecule has 1 aliphatic carbocycles. The third kappa shape index (κ3) is 2.42. The third-order valence-electron chi connectivity index (χ3n) is 3.63. The van der Waals surface area contributed by atoms with Gasteiger partial charge in [0.05, 0.1) is 12.1 Å². The molecule has 0 bridgehead atoms. The van der Waals surface area contributed by atoms with Crippen molar-refractivity contribution in [1.82, 2.24) is 0 Å². The number of halogens is 1. The van der Waals surface area contributed by atoms with Crippen LogP contribution in [-0.4, -0.2) is 16.3 Å². The molecule has 4 N–H and O–H groups in total. The lowest BCUT2D eigenvalue weighted by Crippen LogP contribution is -2.32. The zero-order valence-corrected chi connectivity index (χ0v) is 9.64. The maximum Gasteiger partial charge on any atom is 0.165 e. The Morgan fingerprint density at radius 2 is 1.94 bits per heavy atom. The second kappa shape index (κ2) is 5.02. The fourth-order valence-electron chi connectivity index (χ4n) is 2.58. The van der Waals surface area contributed by atoms with Gasteiger partial charge in [-0.15, -0.1) is 0 Å². The molecule has 0 aliphatic heterocycles. The van der Waals surface area contributed by atoms with Gasteiger partial charge in [-0.1, -0.05) is 25.0 Å². The summed E-state index contributed by atoms with van der Waals surface area (Å²) in [6, 6.07) is 3.49. The number of aliphatic hydroxyl groups is 1. The van der Waals surface area contributed by atoms with Crippen LogP contribution in [0, 0.1) is 11.7 Å². The Morgan fingerprint density at radius 3 is 2.59 bits per heavy atom. The van der Waals surface area contributed by atoms with Crippen LogP contribution in [0.4, 0.5) is 4.39 Å². The van der Waals surface area contributed by atoms with E-state index >= 15 is 0 Å². The van der Waals surface area contributed by atoms with Crippen molar-refractivity contribution in [2.45, 2.75) is 37.8 Å². The standard InChI is InChI=1S/C13H18FNO2/c14-10-7-3-6-9(13(10)17)11(15)12(16)8-4-1-2-5-8/h3,6-8,11-12,16-17H,1-2,4-5,15H2/t11-,12+/m0/s1. The van der Waals surface area contributed by atoms with Crippen LogP contribution in [0.5, 0.6) is 5.75 Å². The first-order valence-corrected chi connectivity index (χ1v) is 6.02. The molecule has 0 saturated heterocycles. The Labute approximate surface area is 100 Å². The first kappa shape index (κ1) is 12.3. The van der Waals surface area contributed by atoms with Gasteiger partial charge < -0.3 is 15.9 Å². The van der Waals surface area contributed by atoms with Crippen molar-refractivity contribution in [3.05, 3.63) is 29.6 Å². The van der Waals surface area contributed by atoms with E-state index in [0.29, 0.717) is 0 Å². The van der Waals surface area contributed by atoms with E-state index in [4.69, 9.17) is 5.73 Å². The molecule has 2 atom stereocenters. The molecular formula is C13H18FNO2. The first-order valence-electron chi connectivity index (χ1n) is 6.02. The van der Waals surface area contributed by atoms with Gasteiger partial charge in [0.1, 0.15) is 0 Å². The average Bonchev–Trinajstić information content (AvgIpc) is 2.84. The average molecular weight is 239 g/mol. The Balaban J connectivity index is 2.18. The van der Waals surface area contributed by atoms with E-state index in [0.717, 1.165) is 25.7 Å². The van der Waals surface area contributed by atoms with Crippen molar-refractivity contribution in [3.63, 3.8) is 0 Å². The molecule has 1 fully saturated rings. The van der Waals surface area contributed by atoms with Gasteiger partial charge in [0, 0.05) is 5.56 Å². The largest absolute Gasteiger partial charge is 0.505 e. The van der Waals surface area contributed by atoms with Gasteiger partial charge in [-0.3, -0.25) is 0 Å². The van der Waals surface area contributed by atoms with E-state index in [1.165, 1.54) is 12.1 Å². The Hall–Kier alpha value is -1.13. The van der Waals surface area contributed by atoms with E-state index in [1.807, 2.05) is 0 Å². The maximum atomic E-state index is 13.2. The number of benzene rings is 1. The number of rotatable bonds is 3. The molecule has 0 heterocycles. The van der Waals surface area contributed by atoms with Crippen LogP contribution in [0.25, 0.3) is 0 Å². The fraction of sp³-hybridized carbons (Fsp3) is 0.538. The number of phenols is 1. The summed E-state index contributed by atoms with van der Waals surface area (Å²) in [5.41, 5.74) is 6.19. The van der Waals surface area contributed by atoms with Crippen molar-refractivity contribution in [2.75, 3.05) is 0 Å². The number of hydrogen-bond acceptors (Lipinski definition) is 3. The minimum absolute atomic E-state index is 0.160. The molecule has 3 nitrogen and oxygen atoms in total. The molecular weight excluding hydrogens is 221 g/mol. The maximum absolute atomic E-state index is 13.2. The summed E-state index contributed by atoms with van der Waals surface area (Å²) in [4.78, 5) is 0. The van der Waals surface area contributed by atoms with Crippen LogP contribution in [-0.2, 0) is 0 Å². The van der Waals surface area contributed by atoms with Gasteiger partial charge in [0.2, 0.25) is 0 Å². The summed E-state index contributed by atoms with van der Waals surface area (Å²) in [6.45, 7) is 0. The summed E-state index contributed by atoms with van der Waals surface area (Å²) >= 11 is 0. The van der Waals surface area contributed by atoms with Crippen LogP contribution in [0.15, 0.2) is 18.2 Å². The van der Waals surface area contributed by atoms with Crippen molar-refractivity contribution in [3.8, 4) is 5.75 Å². The molecule has 1 aromatic carbocycles. The van der Waals surface area contributed by atoms with Gasteiger partial charge >= 0.3 is 0 Å². The molecule has 4 heteroatoms. The second-order valence-electron chi connectivity index (χ2n) is 4.74. The summed E-state index contributed by atoms with van der Waals surface area (Å²) in [6.07, 6.45) is 3.38. The zero-order valence-electron chi connectivity index (χ0n) is 9.64. The van der Waals surface area contributed by atoms with E-state index in [9.17, 15) is 14.6 Å². The molecule has 1 aromatic rings. The van der Waals surface area contributed by atoms with Gasteiger partial charge in [0.15, 0.2) is 11.6 Å². The lowest BCUT2D eigenvalue weighted by molar-refractivity contribution is 0.0834. The highest BCUT2D eigenvalue weighted by Crippen LogP contribution is 2.35. The minimum Gasteiger partial charge on any atom is -0.505 e. The van der Waals surface area contributed by atoms with E-state index < -0.39 is 23.7 Å². The minimum atomic E-state index is -0.728. The van der Waals surface area contributed by atoms with Gasteiger partial charge in [0.25, 0.3) is 0 Å². The summed E-state index contributed by atoms with van der Waals surface area (Å²) < 4.78 is 13.2. The number of aliphatic hydroxyl groups excluding tert-OH is 1. The summed E-state index contributed by atoms with van der Waals surface area (Å²) in [7, 11) is 0. The molecule has 1 aliphatic rings. The van der Waals surface area contributed by atoms with Gasteiger partial charge in [-0.05, 0) is 24.8 Å². The first-order chi connectivity index (χ1) is 8.11. The molecule has 0 aromatic heterocycles. The third-order valence-corrected chi connectivity index (χ3v) is 3.63. The van der Waals surface area contributed by atoms with Crippen molar-refractivity contribution in [1.29, 1.82) is 0 Å². The van der Waals surface area contributed by atoms with Crippen LogP contribution >= 0.6 is 0 Å². The summed E-state index contributed by atoms with van der Waals surface area (Å²) in [5.74, 6) is -0.985. The highest BCUT2D eigenvalue weighted by Gasteiger charge is 2.30. The number of nitrogens with two attached hydrogens (primary N) is 1. The van der Waals surface area contributed by atoms with Crippen molar-refractivity contribution in [2.24, 2.45) is 11.7 Å². The quantitative estimate of drug-likeness (QED) is 0.756. The van der Waals surface area contributed by atoms with Crippen molar-refractivity contribution >= 4 is 0 Å². The zero-order chi connectivity index (χ0) is 12.4. The predicted octanol–water partition coefficient (Wildman–Crippen LogP) is 2.08. The Bertz CT molecular complexity index is 391. The topological polar surface area (TPSA) is 66.5 Å². The van der Waals surface area contributed by atoms with E-state index in [-0.39, 0.29) is 11.5 Å². The summed E-state index contributed by atoms with van der Waals surface area (Å²) in [5, 5.41) is 19.7. The highest BCUT2D eigenvalue weighted by molar-refractivity contribution is 5.36. The van der Waals surface area contributed by atoms with Crippen LogP contribution in [0.3, 0.4) is 0 Å². The lowest BCUT2D eigenvalue weighted by atomic mass is 9.90. The molecule has 2 rings (SSSR count). The Morgan fingerprint density at radius 1 is 1.29 bits per heavy atom. The number of phenolic OH excluding ortho intramolecular Hbond substituents is 1. The van der Waals surface area contributed by atoms with Crippen LogP contribution in [0.1, 0.15) is 37.3 Å². The molecule has 0 radical (unpaired) electrons. The van der Waals surface area contributed by atoms with Crippen molar-refractivity contribution < 1.29 is 14.6 Å². The lowest BCUT2D eigenvalue weighted by Gasteiger charge is -2.25. The monoisotopic (exact) mass is 239 g/mol. The molecule has 17 heavy (non-hydrogen) atoms. The fourth-order valence-corrected chi connectivity index (χ4v) is 2.58. The molecule has 1 saturated carbocycles. The van der Waals surface area contributed by atoms with E-state index in [2.05, 4.69) is 0 Å². The van der Waals surface area contributed by atoms with Gasteiger partial charge in [-0.25, -0.2) is 4.39 Å².